The summed E-state index contributed by atoms with van der Waals surface area (Å²) in [4.78, 5) is 0.171. The topological polar surface area (TPSA) is 55.8 Å². The lowest BCUT2D eigenvalue weighted by atomic mass is 10.3. The predicted molar refractivity (Wildman–Crippen MR) is 83.1 cm³/mol. The van der Waals surface area contributed by atoms with Crippen LogP contribution in [0.3, 0.4) is 0 Å². The van der Waals surface area contributed by atoms with Crippen molar-refractivity contribution in [1.29, 1.82) is 0 Å². The molecular formula is C13H19NO4S2. The van der Waals surface area contributed by atoms with Gasteiger partial charge in [-0.1, -0.05) is 0 Å². The van der Waals surface area contributed by atoms with E-state index in [2.05, 4.69) is 25.5 Å². The Kier molecular flexibility index (Phi) is 8.15. The molecule has 5 nitrogen and oxygen atoms in total. The third kappa shape index (κ3) is 4.34. The number of thiol groups is 1. The quantitative estimate of drug-likeness (QED) is 0.638. The maximum atomic E-state index is 12.2. The van der Waals surface area contributed by atoms with E-state index in [0.717, 1.165) is 0 Å². The van der Waals surface area contributed by atoms with Crippen molar-refractivity contribution in [3.05, 3.63) is 18.2 Å². The van der Waals surface area contributed by atoms with Gasteiger partial charge < -0.3 is 9.47 Å². The summed E-state index contributed by atoms with van der Waals surface area (Å²) < 4.78 is 35.8. The first-order valence-corrected chi connectivity index (χ1v) is 7.67. The van der Waals surface area contributed by atoms with E-state index in [1.54, 1.807) is 6.07 Å². The van der Waals surface area contributed by atoms with Gasteiger partial charge in [0.25, 0.3) is 0 Å². The van der Waals surface area contributed by atoms with E-state index in [1.165, 1.54) is 37.7 Å². The van der Waals surface area contributed by atoms with Crippen molar-refractivity contribution >= 4 is 22.7 Å². The fourth-order valence-corrected chi connectivity index (χ4v) is 3.04. The molecule has 1 aromatic rings. The van der Waals surface area contributed by atoms with Crippen LogP contribution in [0.1, 0.15) is 0 Å². The monoisotopic (exact) mass is 317 g/mol. The van der Waals surface area contributed by atoms with Crippen LogP contribution in [0.4, 0.5) is 0 Å². The first kappa shape index (κ1) is 18.6. The zero-order chi connectivity index (χ0) is 15.8. The minimum Gasteiger partial charge on any atom is -0.493 e. The minimum absolute atomic E-state index is 0.171. The van der Waals surface area contributed by atoms with E-state index < -0.39 is 10.0 Å². The molecule has 20 heavy (non-hydrogen) atoms. The van der Waals surface area contributed by atoms with Gasteiger partial charge in [0.15, 0.2) is 11.5 Å². The Hall–Kier alpha value is -1.36. The zero-order valence-electron chi connectivity index (χ0n) is 11.7. The van der Waals surface area contributed by atoms with Crippen LogP contribution in [0, 0.1) is 12.8 Å². The number of ether oxygens (including phenoxy) is 2. The van der Waals surface area contributed by atoms with E-state index in [-0.39, 0.29) is 4.90 Å². The lowest BCUT2D eigenvalue weighted by molar-refractivity contribution is 0.353. The second-order valence-electron chi connectivity index (χ2n) is 3.57. The number of sulfonamides is 1. The highest BCUT2D eigenvalue weighted by molar-refractivity contribution is 7.89. The maximum Gasteiger partial charge on any atom is 0.242 e. The molecule has 0 heterocycles. The van der Waals surface area contributed by atoms with Gasteiger partial charge in [-0.25, -0.2) is 12.7 Å². The van der Waals surface area contributed by atoms with Crippen molar-refractivity contribution in [2.45, 2.75) is 4.90 Å². The lowest BCUT2D eigenvalue weighted by Gasteiger charge is -2.17. The molecular weight excluding hydrogens is 298 g/mol. The zero-order valence-corrected chi connectivity index (χ0v) is 13.4. The van der Waals surface area contributed by atoms with Crippen molar-refractivity contribution in [2.75, 3.05) is 33.6 Å². The first-order valence-electron chi connectivity index (χ1n) is 5.60. The largest absolute Gasteiger partial charge is 0.493 e. The molecule has 0 fully saturated rings. The van der Waals surface area contributed by atoms with Gasteiger partial charge in [0, 0.05) is 25.4 Å². The molecule has 0 bridgehead atoms. The van der Waals surface area contributed by atoms with Gasteiger partial charge in [0.1, 0.15) is 0 Å². The van der Waals surface area contributed by atoms with Crippen LogP contribution in [0.25, 0.3) is 0 Å². The van der Waals surface area contributed by atoms with Gasteiger partial charge >= 0.3 is 0 Å². The maximum absolute atomic E-state index is 12.2. The highest BCUT2D eigenvalue weighted by Gasteiger charge is 2.21. The summed E-state index contributed by atoms with van der Waals surface area (Å²) >= 11 is 4.02. The fourth-order valence-electron chi connectivity index (χ4n) is 1.42. The fraction of sp³-hybridized carbons (Fsp3) is 0.385. The van der Waals surface area contributed by atoms with Gasteiger partial charge in [0.2, 0.25) is 10.0 Å². The highest BCUT2D eigenvalue weighted by Crippen LogP contribution is 2.30. The van der Waals surface area contributed by atoms with Crippen LogP contribution in [0.5, 0.6) is 11.5 Å². The van der Waals surface area contributed by atoms with E-state index in [9.17, 15) is 8.42 Å². The van der Waals surface area contributed by atoms with Gasteiger partial charge in [-0.2, -0.15) is 12.6 Å². The van der Waals surface area contributed by atoms with Crippen molar-refractivity contribution in [2.24, 2.45) is 0 Å². The Morgan fingerprint density at radius 1 is 1.20 bits per heavy atom. The van der Waals surface area contributed by atoms with Crippen LogP contribution >= 0.6 is 12.6 Å². The molecule has 0 saturated heterocycles. The Bertz CT molecular complexity index is 541. The lowest BCUT2D eigenvalue weighted by Crippen LogP contribution is -2.28. The molecule has 0 aliphatic rings. The SMILES string of the molecule is C#C.COc1ccc(S(=O)(=O)N(C)CCS)cc1OC. The molecule has 0 aliphatic carbocycles. The number of hydrogen-bond donors (Lipinski definition) is 1. The number of nitrogens with zero attached hydrogens (tertiary/aromatic N) is 1. The Morgan fingerprint density at radius 2 is 1.75 bits per heavy atom. The summed E-state index contributed by atoms with van der Waals surface area (Å²) in [6.45, 7) is 0.347. The van der Waals surface area contributed by atoms with E-state index in [1.807, 2.05) is 0 Å². The summed E-state index contributed by atoms with van der Waals surface area (Å²) in [6.07, 6.45) is 8.00. The number of methoxy groups -OCH3 is 2. The molecule has 0 aliphatic heterocycles. The van der Waals surface area contributed by atoms with E-state index >= 15 is 0 Å². The Labute approximate surface area is 126 Å². The van der Waals surface area contributed by atoms with Crippen molar-refractivity contribution in [3.8, 4) is 24.3 Å². The van der Waals surface area contributed by atoms with Gasteiger partial charge in [-0.3, -0.25) is 0 Å². The van der Waals surface area contributed by atoms with Gasteiger partial charge in [-0.05, 0) is 12.1 Å². The molecule has 0 saturated carbocycles. The molecule has 0 atom stereocenters. The molecule has 7 heteroatoms. The predicted octanol–water partition coefficient (Wildman–Crippen LogP) is 1.50. The highest BCUT2D eigenvalue weighted by atomic mass is 32.2. The summed E-state index contributed by atoms with van der Waals surface area (Å²) in [6, 6.07) is 4.51. The number of benzene rings is 1. The van der Waals surface area contributed by atoms with Gasteiger partial charge in [-0.15, -0.1) is 12.8 Å². The summed E-state index contributed by atoms with van der Waals surface area (Å²) in [5.74, 6) is 1.34. The standard InChI is InChI=1S/C11H17NO4S2.C2H2/c1-12(6-7-17)18(13,14)9-4-5-10(15-2)11(8-9)16-3;1-2/h4-5,8,17H,6-7H2,1-3H3;1-2H. The molecule has 0 amide bonds. The molecule has 0 unspecified atom stereocenters. The molecule has 1 aromatic carbocycles. The smallest absolute Gasteiger partial charge is 0.242 e. The Morgan fingerprint density at radius 3 is 2.20 bits per heavy atom. The number of terminal acetylenes is 1. The van der Waals surface area contributed by atoms with Crippen molar-refractivity contribution in [3.63, 3.8) is 0 Å². The molecule has 112 valence electrons. The van der Waals surface area contributed by atoms with Gasteiger partial charge in [0.05, 0.1) is 19.1 Å². The molecule has 0 spiro atoms. The molecule has 0 radical (unpaired) electrons. The van der Waals surface area contributed by atoms with Crippen LogP contribution < -0.4 is 9.47 Å². The third-order valence-electron chi connectivity index (χ3n) is 2.48. The summed E-state index contributed by atoms with van der Waals surface area (Å²) in [5, 5.41) is 0. The van der Waals surface area contributed by atoms with Crippen LogP contribution in [0.15, 0.2) is 23.1 Å². The van der Waals surface area contributed by atoms with Crippen molar-refractivity contribution in [1.82, 2.24) is 4.31 Å². The minimum atomic E-state index is -3.51. The first-order chi connectivity index (χ1) is 9.47. The van der Waals surface area contributed by atoms with Crippen LogP contribution in [-0.4, -0.2) is 46.3 Å². The van der Waals surface area contributed by atoms with Crippen molar-refractivity contribution < 1.29 is 17.9 Å². The molecule has 1 rings (SSSR count). The van der Waals surface area contributed by atoms with Crippen LogP contribution in [0.2, 0.25) is 0 Å². The molecule has 0 N–H and O–H groups in total. The average Bonchev–Trinajstić information content (AvgIpc) is 2.48. The van der Waals surface area contributed by atoms with Crippen LogP contribution in [-0.2, 0) is 10.0 Å². The van der Waals surface area contributed by atoms with E-state index in [0.29, 0.717) is 23.8 Å². The second kappa shape index (κ2) is 8.74. The van der Waals surface area contributed by atoms with E-state index in [4.69, 9.17) is 9.47 Å². The molecule has 0 aromatic heterocycles. The third-order valence-corrected chi connectivity index (χ3v) is 4.53. The number of rotatable bonds is 6. The Balaban J connectivity index is 0.00000172. The second-order valence-corrected chi connectivity index (χ2v) is 6.06. The normalized spacial score (nSPS) is 10.6. The summed E-state index contributed by atoms with van der Waals surface area (Å²) in [5.41, 5.74) is 0. The average molecular weight is 317 g/mol. The summed E-state index contributed by atoms with van der Waals surface area (Å²) in [7, 11) is 0.969. The number of hydrogen-bond acceptors (Lipinski definition) is 5.